The summed E-state index contributed by atoms with van der Waals surface area (Å²) in [5.74, 6) is -0.501. The molecule has 0 radical (unpaired) electrons. The van der Waals surface area contributed by atoms with Crippen molar-refractivity contribution >= 4 is 27.4 Å². The summed E-state index contributed by atoms with van der Waals surface area (Å²) in [6.45, 7) is 3.16. The van der Waals surface area contributed by atoms with E-state index in [4.69, 9.17) is 4.74 Å². The Bertz CT molecular complexity index is 1050. The smallest absolute Gasteiger partial charge is 0.319 e. The van der Waals surface area contributed by atoms with E-state index in [0.717, 1.165) is 36.2 Å². The van der Waals surface area contributed by atoms with Crippen LogP contribution in [0.1, 0.15) is 25.3 Å². The first-order valence-electron chi connectivity index (χ1n) is 10.9. The van der Waals surface area contributed by atoms with Crippen LogP contribution in [0.15, 0.2) is 47.4 Å². The van der Waals surface area contributed by atoms with Gasteiger partial charge in [0.05, 0.1) is 11.0 Å². The van der Waals surface area contributed by atoms with E-state index >= 15 is 0 Å². The number of amides is 2. The fraction of sp³-hybridized carbons (Fsp3) is 0.435. The summed E-state index contributed by atoms with van der Waals surface area (Å²) in [6, 6.07) is 9.86. The molecule has 2 N–H and O–H groups in total. The van der Waals surface area contributed by atoms with Crippen LogP contribution in [-0.2, 0) is 21.3 Å². The lowest BCUT2D eigenvalue weighted by Gasteiger charge is -2.27. The van der Waals surface area contributed by atoms with Gasteiger partial charge in [-0.05, 0) is 67.8 Å². The van der Waals surface area contributed by atoms with Crippen molar-refractivity contribution in [3.05, 3.63) is 53.8 Å². The lowest BCUT2D eigenvalue weighted by atomic mass is 10.1. The van der Waals surface area contributed by atoms with Crippen LogP contribution >= 0.6 is 0 Å². The molecule has 2 aromatic rings. The number of nitrogens with one attached hydrogen (secondary N) is 2. The summed E-state index contributed by atoms with van der Waals surface area (Å²) in [5.41, 5.74) is 2.10. The van der Waals surface area contributed by atoms with Gasteiger partial charge in [0, 0.05) is 51.7 Å². The monoisotopic (exact) mass is 478 g/mol. The number of rotatable bonds is 9. The van der Waals surface area contributed by atoms with Crippen LogP contribution < -0.4 is 15.5 Å². The Labute approximate surface area is 194 Å². The van der Waals surface area contributed by atoms with Crippen molar-refractivity contribution in [2.24, 2.45) is 0 Å². The average Bonchev–Trinajstić information content (AvgIpc) is 3.27. The molecule has 1 aliphatic rings. The fourth-order valence-corrected chi connectivity index (χ4v) is 5.22. The van der Waals surface area contributed by atoms with Crippen molar-refractivity contribution in [2.45, 2.75) is 37.3 Å². The van der Waals surface area contributed by atoms with Gasteiger partial charge in [-0.2, -0.15) is 4.31 Å². The molecule has 0 bridgehead atoms. The number of urea groups is 1. The van der Waals surface area contributed by atoms with E-state index in [0.29, 0.717) is 18.8 Å². The van der Waals surface area contributed by atoms with E-state index in [9.17, 15) is 17.6 Å². The van der Waals surface area contributed by atoms with Crippen molar-refractivity contribution < 1.29 is 22.3 Å². The lowest BCUT2D eigenvalue weighted by molar-refractivity contribution is 0.0926. The quantitative estimate of drug-likeness (QED) is 0.577. The number of benzene rings is 2. The maximum atomic E-state index is 13.5. The normalized spacial score (nSPS) is 16.1. The molecule has 1 fully saturated rings. The van der Waals surface area contributed by atoms with E-state index in [-0.39, 0.29) is 30.1 Å². The molecule has 1 saturated heterocycles. The Morgan fingerprint density at radius 2 is 1.91 bits per heavy atom. The van der Waals surface area contributed by atoms with Gasteiger partial charge in [-0.1, -0.05) is 0 Å². The van der Waals surface area contributed by atoms with Crippen molar-refractivity contribution in [2.75, 3.05) is 44.0 Å². The van der Waals surface area contributed by atoms with Gasteiger partial charge in [0.15, 0.2) is 0 Å². The van der Waals surface area contributed by atoms with Gasteiger partial charge in [0.25, 0.3) is 0 Å². The molecule has 1 unspecified atom stereocenters. The van der Waals surface area contributed by atoms with Crippen LogP contribution in [0.2, 0.25) is 0 Å². The highest BCUT2D eigenvalue weighted by molar-refractivity contribution is 7.89. The molecule has 0 spiro atoms. The first-order valence-corrected chi connectivity index (χ1v) is 12.4. The molecule has 1 atom stereocenters. The second kappa shape index (κ2) is 11.0. The Morgan fingerprint density at radius 1 is 1.18 bits per heavy atom. The summed E-state index contributed by atoms with van der Waals surface area (Å²) in [6.07, 6.45) is 1.44. The summed E-state index contributed by atoms with van der Waals surface area (Å²) >= 11 is 0. The number of nitrogens with zero attached hydrogens (tertiary/aromatic N) is 2. The van der Waals surface area contributed by atoms with Crippen molar-refractivity contribution in [1.29, 1.82) is 0 Å². The Morgan fingerprint density at radius 3 is 2.52 bits per heavy atom. The van der Waals surface area contributed by atoms with E-state index in [1.165, 1.54) is 16.4 Å². The number of halogens is 1. The van der Waals surface area contributed by atoms with Gasteiger partial charge in [0.1, 0.15) is 5.82 Å². The van der Waals surface area contributed by atoms with Crippen molar-refractivity contribution in [3.8, 4) is 0 Å². The van der Waals surface area contributed by atoms with E-state index in [2.05, 4.69) is 10.6 Å². The van der Waals surface area contributed by atoms with Crippen LogP contribution in [-0.4, -0.2) is 58.6 Å². The molecule has 8 nitrogen and oxygen atoms in total. The summed E-state index contributed by atoms with van der Waals surface area (Å²) in [4.78, 5) is 13.9. The maximum Gasteiger partial charge on any atom is 0.319 e. The highest BCUT2D eigenvalue weighted by atomic mass is 32.2. The first kappa shape index (κ1) is 24.9. The standard InChI is InChI=1S/C23H31FN4O4S/c1-4-25-23(29)26-19-9-12-22(27(2)3)17(14-19)15-28(16-20-6-5-13-32-20)33(30,31)21-10-7-18(24)8-11-21/h7-12,14,20H,4-6,13,15-16H2,1-3H3,(H2,25,26,29). The summed E-state index contributed by atoms with van der Waals surface area (Å²) in [5, 5.41) is 5.45. The first-order chi connectivity index (χ1) is 15.7. The van der Waals surface area contributed by atoms with Crippen LogP contribution in [0.3, 0.4) is 0 Å². The molecule has 33 heavy (non-hydrogen) atoms. The van der Waals surface area contributed by atoms with Gasteiger partial charge in [-0.15, -0.1) is 0 Å². The zero-order valence-electron chi connectivity index (χ0n) is 19.2. The highest BCUT2D eigenvalue weighted by Crippen LogP contribution is 2.28. The molecule has 3 rings (SSSR count). The number of ether oxygens (including phenoxy) is 1. The molecule has 0 aromatic heterocycles. The largest absolute Gasteiger partial charge is 0.377 e. The van der Waals surface area contributed by atoms with E-state index < -0.39 is 15.8 Å². The predicted molar refractivity (Wildman–Crippen MR) is 126 cm³/mol. The van der Waals surface area contributed by atoms with Crippen LogP contribution in [0.25, 0.3) is 0 Å². The minimum Gasteiger partial charge on any atom is -0.377 e. The van der Waals surface area contributed by atoms with Crippen LogP contribution in [0.5, 0.6) is 0 Å². The zero-order valence-corrected chi connectivity index (χ0v) is 20.0. The Kier molecular flexibility index (Phi) is 8.28. The van der Waals surface area contributed by atoms with Gasteiger partial charge in [0.2, 0.25) is 10.0 Å². The molecule has 1 aliphatic heterocycles. The van der Waals surface area contributed by atoms with Gasteiger partial charge >= 0.3 is 6.03 Å². The van der Waals surface area contributed by atoms with Crippen LogP contribution in [0.4, 0.5) is 20.6 Å². The Balaban J connectivity index is 1.96. The molecule has 180 valence electrons. The minimum absolute atomic E-state index is 0.0184. The summed E-state index contributed by atoms with van der Waals surface area (Å²) in [7, 11) is -0.183. The third kappa shape index (κ3) is 6.43. The SMILES string of the molecule is CCNC(=O)Nc1ccc(N(C)C)c(CN(CC2CCCO2)S(=O)(=O)c2ccc(F)cc2)c1. The van der Waals surface area contributed by atoms with Crippen molar-refractivity contribution in [1.82, 2.24) is 9.62 Å². The Hall–Kier alpha value is -2.69. The molecular formula is C23H31FN4O4S. The molecule has 10 heteroatoms. The van der Waals surface area contributed by atoms with Gasteiger partial charge in [-0.25, -0.2) is 17.6 Å². The molecule has 1 heterocycles. The number of carbonyl (C=O) groups excluding carboxylic acids is 1. The predicted octanol–water partition coefficient (Wildman–Crippen LogP) is 3.40. The number of hydrogen-bond acceptors (Lipinski definition) is 5. The molecule has 2 amide bonds. The van der Waals surface area contributed by atoms with E-state index in [1.807, 2.05) is 32.0 Å². The molecular weight excluding hydrogens is 447 g/mol. The number of anilines is 2. The number of sulfonamides is 1. The van der Waals surface area contributed by atoms with Crippen molar-refractivity contribution in [3.63, 3.8) is 0 Å². The topological polar surface area (TPSA) is 91.0 Å². The minimum atomic E-state index is -3.92. The van der Waals surface area contributed by atoms with Gasteiger partial charge in [-0.3, -0.25) is 0 Å². The second-order valence-corrected chi connectivity index (χ2v) is 10.0. The number of carbonyl (C=O) groups is 1. The van der Waals surface area contributed by atoms with Crippen LogP contribution in [0, 0.1) is 5.82 Å². The zero-order chi connectivity index (χ0) is 24.0. The second-order valence-electron chi connectivity index (χ2n) is 8.11. The molecule has 0 saturated carbocycles. The molecule has 0 aliphatic carbocycles. The maximum absolute atomic E-state index is 13.5. The van der Waals surface area contributed by atoms with Gasteiger partial charge < -0.3 is 20.3 Å². The summed E-state index contributed by atoms with van der Waals surface area (Å²) < 4.78 is 47.5. The third-order valence-electron chi connectivity index (χ3n) is 5.39. The van der Waals surface area contributed by atoms with E-state index in [1.54, 1.807) is 12.1 Å². The third-order valence-corrected chi connectivity index (χ3v) is 7.21. The lowest BCUT2D eigenvalue weighted by Crippen LogP contribution is -2.37. The highest BCUT2D eigenvalue weighted by Gasteiger charge is 2.30. The fourth-order valence-electron chi connectivity index (χ4n) is 3.77. The molecule has 2 aromatic carbocycles. The number of hydrogen-bond donors (Lipinski definition) is 2. The average molecular weight is 479 g/mol.